The number of nitrogens with zero attached hydrogens (tertiary/aromatic N) is 1. The zero-order chi connectivity index (χ0) is 10.9. The predicted octanol–water partition coefficient (Wildman–Crippen LogP) is 2.56. The van der Waals surface area contributed by atoms with Gasteiger partial charge in [-0.2, -0.15) is 0 Å². The van der Waals surface area contributed by atoms with Gasteiger partial charge in [-0.05, 0) is 18.6 Å². The van der Waals surface area contributed by atoms with Crippen molar-refractivity contribution < 1.29 is 4.74 Å². The Morgan fingerprint density at radius 3 is 2.67 bits per heavy atom. The average molecular weight is 226 g/mol. The Kier molecular flexibility index (Phi) is 3.01. The van der Waals surface area contributed by atoms with Crippen molar-refractivity contribution in [3.63, 3.8) is 0 Å². The molecule has 0 radical (unpaired) electrons. The first-order chi connectivity index (χ1) is 7.13. The molecule has 0 amide bonds. The molecule has 1 heterocycles. The molecule has 82 valence electrons. The Balaban J connectivity index is 1.93. The van der Waals surface area contributed by atoms with E-state index in [1.807, 2.05) is 18.2 Å². The Morgan fingerprint density at radius 2 is 2.07 bits per heavy atom. The van der Waals surface area contributed by atoms with E-state index in [1.54, 1.807) is 7.11 Å². The molecule has 0 N–H and O–H groups in total. The molecule has 1 fully saturated rings. The van der Waals surface area contributed by atoms with Gasteiger partial charge in [-0.15, -0.1) is 0 Å². The van der Waals surface area contributed by atoms with Gasteiger partial charge in [0.15, 0.2) is 0 Å². The molecule has 1 aliphatic rings. The third kappa shape index (κ3) is 2.33. The number of benzene rings is 1. The first-order valence-electron chi connectivity index (χ1n) is 5.14. The third-order valence-corrected chi connectivity index (χ3v) is 3.33. The Hall–Kier alpha value is -0.570. The Labute approximate surface area is 95.8 Å². The van der Waals surface area contributed by atoms with Gasteiger partial charge in [0.05, 0.1) is 5.60 Å². The molecule has 0 unspecified atom stereocenters. The van der Waals surface area contributed by atoms with Crippen LogP contribution in [0.25, 0.3) is 0 Å². The molecule has 1 aliphatic heterocycles. The first kappa shape index (κ1) is 10.9. The highest BCUT2D eigenvalue weighted by molar-refractivity contribution is 6.31. The third-order valence-electron chi connectivity index (χ3n) is 2.96. The summed E-state index contributed by atoms with van der Waals surface area (Å²) in [5.41, 5.74) is 1.23. The molecular formula is C12H16ClNO. The minimum atomic E-state index is 0.0429. The molecule has 15 heavy (non-hydrogen) atoms. The van der Waals surface area contributed by atoms with Gasteiger partial charge >= 0.3 is 0 Å². The van der Waals surface area contributed by atoms with Gasteiger partial charge in [0, 0.05) is 31.8 Å². The molecule has 0 aliphatic carbocycles. The molecule has 0 atom stereocenters. The highest BCUT2D eigenvalue weighted by atomic mass is 35.5. The van der Waals surface area contributed by atoms with Gasteiger partial charge in [-0.3, -0.25) is 4.90 Å². The summed E-state index contributed by atoms with van der Waals surface area (Å²) in [6.07, 6.45) is 0. The zero-order valence-electron chi connectivity index (χ0n) is 9.16. The van der Waals surface area contributed by atoms with Crippen molar-refractivity contribution in [1.29, 1.82) is 0 Å². The number of hydrogen-bond donors (Lipinski definition) is 0. The molecule has 1 saturated heterocycles. The van der Waals surface area contributed by atoms with E-state index in [0.29, 0.717) is 0 Å². The molecule has 1 aromatic rings. The topological polar surface area (TPSA) is 12.5 Å². The average Bonchev–Trinajstić information content (AvgIpc) is 2.18. The summed E-state index contributed by atoms with van der Waals surface area (Å²) in [5.74, 6) is 0. The van der Waals surface area contributed by atoms with E-state index in [4.69, 9.17) is 16.3 Å². The number of methoxy groups -OCH3 is 1. The summed E-state index contributed by atoms with van der Waals surface area (Å²) >= 11 is 6.10. The minimum absolute atomic E-state index is 0.0429. The summed E-state index contributed by atoms with van der Waals surface area (Å²) in [6.45, 7) is 5.01. The lowest BCUT2D eigenvalue weighted by Crippen LogP contribution is -2.60. The lowest BCUT2D eigenvalue weighted by molar-refractivity contribution is -0.114. The van der Waals surface area contributed by atoms with Crippen LogP contribution in [-0.2, 0) is 11.3 Å². The summed E-state index contributed by atoms with van der Waals surface area (Å²) in [6, 6.07) is 7.99. The number of rotatable bonds is 3. The predicted molar refractivity (Wildman–Crippen MR) is 62.1 cm³/mol. The molecular weight excluding hydrogens is 210 g/mol. The summed E-state index contributed by atoms with van der Waals surface area (Å²) in [5, 5.41) is 0.850. The number of hydrogen-bond acceptors (Lipinski definition) is 2. The Bertz CT molecular complexity index is 347. The second-order valence-electron chi connectivity index (χ2n) is 4.39. The lowest BCUT2D eigenvalue weighted by atomic mass is 9.96. The monoisotopic (exact) mass is 225 g/mol. The van der Waals surface area contributed by atoms with Crippen molar-refractivity contribution >= 4 is 11.6 Å². The molecule has 1 aromatic carbocycles. The molecule has 0 bridgehead atoms. The van der Waals surface area contributed by atoms with Gasteiger partial charge in [-0.1, -0.05) is 29.8 Å². The van der Waals surface area contributed by atoms with Gasteiger partial charge in [0.2, 0.25) is 0 Å². The Morgan fingerprint density at radius 1 is 1.40 bits per heavy atom. The number of ether oxygens (including phenoxy) is 1. The molecule has 0 spiro atoms. The van der Waals surface area contributed by atoms with Crippen LogP contribution in [0.1, 0.15) is 12.5 Å². The van der Waals surface area contributed by atoms with E-state index in [0.717, 1.165) is 24.7 Å². The minimum Gasteiger partial charge on any atom is -0.376 e. The van der Waals surface area contributed by atoms with Crippen molar-refractivity contribution in [1.82, 2.24) is 4.90 Å². The van der Waals surface area contributed by atoms with Crippen LogP contribution >= 0.6 is 11.6 Å². The van der Waals surface area contributed by atoms with Crippen LogP contribution in [0.5, 0.6) is 0 Å². The van der Waals surface area contributed by atoms with Crippen molar-refractivity contribution in [2.24, 2.45) is 0 Å². The lowest BCUT2D eigenvalue weighted by Gasteiger charge is -2.47. The molecule has 2 rings (SSSR count). The van der Waals surface area contributed by atoms with Gasteiger partial charge in [0.25, 0.3) is 0 Å². The van der Waals surface area contributed by atoms with Crippen LogP contribution in [0, 0.1) is 0 Å². The van der Waals surface area contributed by atoms with Crippen LogP contribution in [0.4, 0.5) is 0 Å². The van der Waals surface area contributed by atoms with E-state index in [9.17, 15) is 0 Å². The maximum absolute atomic E-state index is 6.10. The van der Waals surface area contributed by atoms with E-state index in [-0.39, 0.29) is 5.60 Å². The van der Waals surface area contributed by atoms with E-state index < -0.39 is 0 Å². The van der Waals surface area contributed by atoms with E-state index in [2.05, 4.69) is 17.9 Å². The molecule has 2 nitrogen and oxygen atoms in total. The quantitative estimate of drug-likeness (QED) is 0.784. The molecule has 0 saturated carbocycles. The van der Waals surface area contributed by atoms with E-state index in [1.165, 1.54) is 5.56 Å². The van der Waals surface area contributed by atoms with Gasteiger partial charge < -0.3 is 4.74 Å². The second kappa shape index (κ2) is 4.12. The van der Waals surface area contributed by atoms with Crippen molar-refractivity contribution in [2.45, 2.75) is 19.1 Å². The smallest absolute Gasteiger partial charge is 0.0903 e. The summed E-state index contributed by atoms with van der Waals surface area (Å²) in [4.78, 5) is 2.34. The summed E-state index contributed by atoms with van der Waals surface area (Å²) < 4.78 is 5.40. The highest BCUT2D eigenvalue weighted by Crippen LogP contribution is 2.27. The summed E-state index contributed by atoms with van der Waals surface area (Å²) in [7, 11) is 1.77. The van der Waals surface area contributed by atoms with Crippen LogP contribution in [0.2, 0.25) is 5.02 Å². The van der Waals surface area contributed by atoms with Crippen LogP contribution < -0.4 is 0 Å². The molecule has 0 aromatic heterocycles. The van der Waals surface area contributed by atoms with E-state index >= 15 is 0 Å². The maximum atomic E-state index is 6.10. The highest BCUT2D eigenvalue weighted by Gasteiger charge is 2.38. The maximum Gasteiger partial charge on any atom is 0.0903 e. The number of halogens is 1. The molecule has 3 heteroatoms. The van der Waals surface area contributed by atoms with Crippen molar-refractivity contribution in [3.8, 4) is 0 Å². The number of likely N-dealkylation sites (tertiary alicyclic amines) is 1. The second-order valence-corrected chi connectivity index (χ2v) is 4.80. The fourth-order valence-electron chi connectivity index (χ4n) is 2.01. The fraction of sp³-hybridized carbons (Fsp3) is 0.500. The van der Waals surface area contributed by atoms with Gasteiger partial charge in [-0.25, -0.2) is 0 Å². The van der Waals surface area contributed by atoms with Gasteiger partial charge in [0.1, 0.15) is 0 Å². The van der Waals surface area contributed by atoms with Crippen molar-refractivity contribution in [3.05, 3.63) is 34.9 Å². The zero-order valence-corrected chi connectivity index (χ0v) is 9.92. The fourth-order valence-corrected chi connectivity index (χ4v) is 2.20. The van der Waals surface area contributed by atoms with Crippen LogP contribution in [-0.4, -0.2) is 30.7 Å². The standard InChI is InChI=1S/C12H16ClNO/c1-12(15-2)8-14(9-12)7-10-5-3-4-6-11(10)13/h3-6H,7-9H2,1-2H3. The first-order valence-corrected chi connectivity index (χ1v) is 5.52. The van der Waals surface area contributed by atoms with Crippen LogP contribution in [0.15, 0.2) is 24.3 Å². The SMILES string of the molecule is COC1(C)CN(Cc2ccccc2Cl)C1. The normalized spacial score (nSPS) is 19.9. The van der Waals surface area contributed by atoms with Crippen molar-refractivity contribution in [2.75, 3.05) is 20.2 Å². The largest absolute Gasteiger partial charge is 0.376 e. The van der Waals surface area contributed by atoms with Crippen LogP contribution in [0.3, 0.4) is 0 Å².